The van der Waals surface area contributed by atoms with Crippen LogP contribution in [0.15, 0.2) is 58.4 Å². The SMILES string of the molecule is CCn1cc(C(=O)NCc2ccc(C)cc2)c(=O)c2cc(S(=O)(=O)N3CCCCC3)ccc21. The molecule has 2 aromatic carbocycles. The molecule has 0 unspecified atom stereocenters. The van der Waals surface area contributed by atoms with Gasteiger partial charge in [-0.1, -0.05) is 36.2 Å². The van der Waals surface area contributed by atoms with Crippen LogP contribution in [0.25, 0.3) is 10.9 Å². The molecule has 1 saturated heterocycles. The van der Waals surface area contributed by atoms with Crippen molar-refractivity contribution in [2.45, 2.75) is 51.1 Å². The van der Waals surface area contributed by atoms with E-state index in [4.69, 9.17) is 0 Å². The van der Waals surface area contributed by atoms with E-state index in [0.29, 0.717) is 31.7 Å². The molecule has 174 valence electrons. The average molecular weight is 468 g/mol. The van der Waals surface area contributed by atoms with E-state index in [0.717, 1.165) is 30.4 Å². The summed E-state index contributed by atoms with van der Waals surface area (Å²) in [5, 5.41) is 3.04. The molecule has 1 amide bonds. The van der Waals surface area contributed by atoms with Crippen LogP contribution in [0.4, 0.5) is 0 Å². The number of nitrogens with zero attached hydrogens (tertiary/aromatic N) is 2. The number of pyridine rings is 1. The van der Waals surface area contributed by atoms with Crippen LogP contribution in [0.1, 0.15) is 47.7 Å². The second-order valence-electron chi connectivity index (χ2n) is 8.47. The highest BCUT2D eigenvalue weighted by atomic mass is 32.2. The molecule has 1 N–H and O–H groups in total. The summed E-state index contributed by atoms with van der Waals surface area (Å²) in [7, 11) is -3.69. The Labute approximate surface area is 194 Å². The predicted octanol–water partition coefficient (Wildman–Crippen LogP) is 3.43. The van der Waals surface area contributed by atoms with Crippen molar-refractivity contribution in [2.24, 2.45) is 0 Å². The van der Waals surface area contributed by atoms with Crippen LogP contribution in [-0.4, -0.2) is 36.3 Å². The molecular weight excluding hydrogens is 438 g/mol. The molecule has 0 spiro atoms. The highest BCUT2D eigenvalue weighted by Gasteiger charge is 2.27. The molecule has 0 saturated carbocycles. The zero-order chi connectivity index (χ0) is 23.6. The number of hydrogen-bond acceptors (Lipinski definition) is 4. The molecule has 4 rings (SSSR count). The van der Waals surface area contributed by atoms with Crippen LogP contribution in [0.2, 0.25) is 0 Å². The monoisotopic (exact) mass is 467 g/mol. The lowest BCUT2D eigenvalue weighted by Gasteiger charge is -2.26. The van der Waals surface area contributed by atoms with Crippen LogP contribution >= 0.6 is 0 Å². The number of carbonyl (C=O) groups is 1. The number of nitrogens with one attached hydrogen (secondary N) is 1. The van der Waals surface area contributed by atoms with Gasteiger partial charge in [0.25, 0.3) is 5.91 Å². The molecule has 2 heterocycles. The number of rotatable bonds is 6. The lowest BCUT2D eigenvalue weighted by Crippen LogP contribution is -2.35. The number of hydrogen-bond donors (Lipinski definition) is 1. The minimum Gasteiger partial charge on any atom is -0.348 e. The molecule has 33 heavy (non-hydrogen) atoms. The molecule has 1 aliphatic rings. The Kier molecular flexibility index (Phi) is 6.67. The highest BCUT2D eigenvalue weighted by molar-refractivity contribution is 7.89. The Balaban J connectivity index is 1.70. The molecule has 0 radical (unpaired) electrons. The molecule has 1 aliphatic heterocycles. The quantitative estimate of drug-likeness (QED) is 0.602. The predicted molar refractivity (Wildman–Crippen MR) is 129 cm³/mol. The fourth-order valence-corrected chi connectivity index (χ4v) is 5.74. The topological polar surface area (TPSA) is 88.5 Å². The summed E-state index contributed by atoms with van der Waals surface area (Å²) in [6, 6.07) is 12.4. The lowest BCUT2D eigenvalue weighted by molar-refractivity contribution is 0.0949. The first kappa shape index (κ1) is 23.2. The van der Waals surface area contributed by atoms with Gasteiger partial charge in [0.15, 0.2) is 0 Å². The average Bonchev–Trinajstić information content (AvgIpc) is 2.84. The van der Waals surface area contributed by atoms with Crippen molar-refractivity contribution in [3.63, 3.8) is 0 Å². The summed E-state index contributed by atoms with van der Waals surface area (Å²) >= 11 is 0. The van der Waals surface area contributed by atoms with Gasteiger partial charge in [-0.05, 0) is 50.5 Å². The van der Waals surface area contributed by atoms with Gasteiger partial charge in [0, 0.05) is 37.8 Å². The number of carbonyl (C=O) groups excluding carboxylic acids is 1. The van der Waals surface area contributed by atoms with Crippen LogP contribution < -0.4 is 10.7 Å². The second kappa shape index (κ2) is 9.49. The van der Waals surface area contributed by atoms with E-state index in [2.05, 4.69) is 5.32 Å². The van der Waals surface area contributed by atoms with Crippen molar-refractivity contribution in [2.75, 3.05) is 13.1 Å². The summed E-state index contributed by atoms with van der Waals surface area (Å²) in [5.74, 6) is -0.478. The minimum atomic E-state index is -3.69. The standard InChI is InChI=1S/C25H29N3O4S/c1-3-27-17-22(25(30)26-16-19-9-7-18(2)8-10-19)24(29)21-15-20(11-12-23(21)27)33(31,32)28-13-5-4-6-14-28/h7-12,15,17H,3-6,13-14,16H2,1-2H3,(H,26,30). The molecule has 0 atom stereocenters. The smallest absolute Gasteiger partial charge is 0.257 e. The molecule has 0 bridgehead atoms. The van der Waals surface area contributed by atoms with Crippen molar-refractivity contribution < 1.29 is 13.2 Å². The normalized spacial score (nSPS) is 15.0. The number of aryl methyl sites for hydroxylation is 2. The summed E-state index contributed by atoms with van der Waals surface area (Å²) in [5.41, 5.74) is 2.20. The molecule has 0 aliphatic carbocycles. The van der Waals surface area contributed by atoms with Gasteiger partial charge in [0.2, 0.25) is 15.5 Å². The Morgan fingerprint density at radius 3 is 2.39 bits per heavy atom. The van der Waals surface area contributed by atoms with Gasteiger partial charge < -0.3 is 9.88 Å². The first-order valence-electron chi connectivity index (χ1n) is 11.3. The number of piperidine rings is 1. The third kappa shape index (κ3) is 4.72. The molecule has 7 nitrogen and oxygen atoms in total. The van der Waals surface area contributed by atoms with E-state index < -0.39 is 21.4 Å². The fraction of sp³-hybridized carbons (Fsp3) is 0.360. The second-order valence-corrected chi connectivity index (χ2v) is 10.4. The third-order valence-electron chi connectivity index (χ3n) is 6.16. The third-order valence-corrected chi connectivity index (χ3v) is 8.06. The van der Waals surface area contributed by atoms with Crippen LogP contribution in [0.3, 0.4) is 0 Å². The lowest BCUT2D eigenvalue weighted by atomic mass is 10.1. The van der Waals surface area contributed by atoms with Crippen molar-refractivity contribution in [3.8, 4) is 0 Å². The van der Waals surface area contributed by atoms with E-state index in [9.17, 15) is 18.0 Å². The summed E-state index contributed by atoms with van der Waals surface area (Å²) in [4.78, 5) is 26.3. The van der Waals surface area contributed by atoms with Gasteiger partial charge in [-0.2, -0.15) is 4.31 Å². The van der Waals surface area contributed by atoms with E-state index in [1.54, 1.807) is 22.9 Å². The molecule has 8 heteroatoms. The molecule has 1 fully saturated rings. The molecule has 1 aromatic heterocycles. The number of sulfonamides is 1. The summed E-state index contributed by atoms with van der Waals surface area (Å²) < 4.78 is 29.6. The zero-order valence-electron chi connectivity index (χ0n) is 19.0. The van der Waals surface area contributed by atoms with Crippen molar-refractivity contribution in [3.05, 3.63) is 75.6 Å². The molecule has 3 aromatic rings. The Morgan fingerprint density at radius 1 is 1.03 bits per heavy atom. The number of aromatic nitrogens is 1. The Hall–Kier alpha value is -2.97. The largest absolute Gasteiger partial charge is 0.348 e. The maximum Gasteiger partial charge on any atom is 0.257 e. The highest BCUT2D eigenvalue weighted by Crippen LogP contribution is 2.23. The van der Waals surface area contributed by atoms with Crippen molar-refractivity contribution >= 4 is 26.8 Å². The van der Waals surface area contributed by atoms with E-state index >= 15 is 0 Å². The Bertz CT molecular complexity index is 1340. The summed E-state index contributed by atoms with van der Waals surface area (Å²) in [6.45, 7) is 5.71. The molecular formula is C25H29N3O4S. The van der Waals surface area contributed by atoms with Crippen LogP contribution in [0, 0.1) is 6.92 Å². The fourth-order valence-electron chi connectivity index (χ4n) is 4.20. The van der Waals surface area contributed by atoms with Gasteiger partial charge >= 0.3 is 0 Å². The number of fused-ring (bicyclic) bond motifs is 1. The maximum atomic E-state index is 13.3. The van der Waals surface area contributed by atoms with E-state index in [-0.39, 0.29) is 15.8 Å². The van der Waals surface area contributed by atoms with Crippen molar-refractivity contribution in [1.82, 2.24) is 14.2 Å². The van der Waals surface area contributed by atoms with E-state index in [1.807, 2.05) is 38.1 Å². The van der Waals surface area contributed by atoms with Gasteiger partial charge in [0.1, 0.15) is 5.56 Å². The summed E-state index contributed by atoms with van der Waals surface area (Å²) in [6.07, 6.45) is 4.24. The first-order chi connectivity index (χ1) is 15.8. The van der Waals surface area contributed by atoms with Gasteiger partial charge in [-0.15, -0.1) is 0 Å². The van der Waals surface area contributed by atoms with Gasteiger partial charge in [-0.3, -0.25) is 9.59 Å². The minimum absolute atomic E-state index is 0.00369. The zero-order valence-corrected chi connectivity index (χ0v) is 19.8. The number of amides is 1. The van der Waals surface area contributed by atoms with Crippen molar-refractivity contribution in [1.29, 1.82) is 0 Å². The Morgan fingerprint density at radius 2 is 1.73 bits per heavy atom. The maximum absolute atomic E-state index is 13.3. The van der Waals surface area contributed by atoms with E-state index in [1.165, 1.54) is 10.4 Å². The first-order valence-corrected chi connectivity index (χ1v) is 12.8. The van der Waals surface area contributed by atoms with Gasteiger partial charge in [0.05, 0.1) is 10.4 Å². The van der Waals surface area contributed by atoms with Gasteiger partial charge in [-0.25, -0.2) is 8.42 Å². The van der Waals surface area contributed by atoms with Crippen LogP contribution in [0.5, 0.6) is 0 Å². The van der Waals surface area contributed by atoms with Crippen LogP contribution in [-0.2, 0) is 23.1 Å². The number of benzene rings is 2.